The molecule has 0 bridgehead atoms. The number of hydrogen-bond donors (Lipinski definition) is 1. The summed E-state index contributed by atoms with van der Waals surface area (Å²) in [5.74, 6) is 0.331. The first-order chi connectivity index (χ1) is 18.4. The smallest absolute Gasteiger partial charge is 0.226 e. The molecule has 0 radical (unpaired) electrons. The summed E-state index contributed by atoms with van der Waals surface area (Å²) in [6.45, 7) is 4.97. The third-order valence-corrected chi connectivity index (χ3v) is 7.52. The number of carbonyl (C=O) groups excluding carboxylic acids is 1. The molecule has 0 aromatic heterocycles. The number of hydrogen-bond acceptors (Lipinski definition) is 6. The summed E-state index contributed by atoms with van der Waals surface area (Å²) in [6.07, 6.45) is 3.89. The molecule has 2 heterocycles. The van der Waals surface area contributed by atoms with Crippen LogP contribution in [-0.4, -0.2) is 53.3 Å². The Morgan fingerprint density at radius 1 is 0.842 bits per heavy atom. The van der Waals surface area contributed by atoms with E-state index in [-0.39, 0.29) is 17.9 Å². The van der Waals surface area contributed by atoms with Crippen LogP contribution in [0.4, 0.5) is 5.69 Å². The lowest BCUT2D eigenvalue weighted by Crippen LogP contribution is -2.29. The van der Waals surface area contributed by atoms with E-state index in [1.165, 1.54) is 19.3 Å². The van der Waals surface area contributed by atoms with Crippen molar-refractivity contribution in [3.8, 4) is 12.1 Å². The van der Waals surface area contributed by atoms with Gasteiger partial charge in [0.2, 0.25) is 5.91 Å². The summed E-state index contributed by atoms with van der Waals surface area (Å²) in [4.78, 5) is 19.2. The van der Waals surface area contributed by atoms with Gasteiger partial charge in [0, 0.05) is 49.2 Å². The molecule has 0 saturated carbocycles. The van der Waals surface area contributed by atoms with Crippen molar-refractivity contribution < 1.29 is 4.79 Å². The van der Waals surface area contributed by atoms with Gasteiger partial charge in [-0.1, -0.05) is 47.3 Å². The molecule has 1 amide bonds. The average molecular weight is 572 g/mol. The van der Waals surface area contributed by atoms with Crippen molar-refractivity contribution in [1.82, 2.24) is 14.7 Å². The molecule has 4 rings (SSSR count). The summed E-state index contributed by atoms with van der Waals surface area (Å²) in [5.41, 5.74) is 2.58. The molecule has 0 unspecified atom stereocenters. The topological polar surface area (TPSA) is 86.4 Å². The highest BCUT2D eigenvalue weighted by Crippen LogP contribution is 2.28. The van der Waals surface area contributed by atoms with Crippen LogP contribution in [-0.2, 0) is 17.9 Å². The number of amides is 1. The monoisotopic (exact) mass is 570 g/mol. The Bertz CT molecular complexity index is 1260. The third-order valence-electron chi connectivity index (χ3n) is 6.75. The van der Waals surface area contributed by atoms with Gasteiger partial charge in [-0.05, 0) is 67.4 Å². The van der Waals surface area contributed by atoms with Crippen LogP contribution in [0.1, 0.15) is 36.8 Å². The fourth-order valence-electron chi connectivity index (χ4n) is 4.98. The van der Waals surface area contributed by atoms with E-state index >= 15 is 0 Å². The lowest BCUT2D eigenvalue weighted by atomic mass is 10.1. The van der Waals surface area contributed by atoms with Crippen LogP contribution in [0.5, 0.6) is 0 Å². The highest BCUT2D eigenvalue weighted by Gasteiger charge is 2.29. The van der Waals surface area contributed by atoms with Crippen molar-refractivity contribution in [2.45, 2.75) is 38.8 Å². The number of allylic oxidation sites excluding steroid dienone is 1. The van der Waals surface area contributed by atoms with Crippen LogP contribution in [0.15, 0.2) is 47.8 Å². The van der Waals surface area contributed by atoms with Gasteiger partial charge in [0.15, 0.2) is 5.57 Å². The van der Waals surface area contributed by atoms with E-state index in [2.05, 4.69) is 10.2 Å². The Morgan fingerprint density at radius 3 is 2.21 bits per heavy atom. The maximum atomic E-state index is 12.9. The molecule has 1 N–H and O–H groups in total. The van der Waals surface area contributed by atoms with Gasteiger partial charge in [-0.15, -0.1) is 0 Å². The molecule has 10 heteroatoms. The maximum absolute atomic E-state index is 12.9. The Balaban J connectivity index is 1.40. The van der Waals surface area contributed by atoms with E-state index in [9.17, 15) is 15.3 Å². The minimum absolute atomic E-state index is 0.00416. The fourth-order valence-corrected chi connectivity index (χ4v) is 5.72. The summed E-state index contributed by atoms with van der Waals surface area (Å²) >= 11 is 18.7. The van der Waals surface area contributed by atoms with Gasteiger partial charge in [0.25, 0.3) is 0 Å². The molecule has 7 nitrogen and oxygen atoms in total. The van der Waals surface area contributed by atoms with E-state index in [0.717, 1.165) is 30.8 Å². The normalized spacial score (nSPS) is 15.8. The van der Waals surface area contributed by atoms with Crippen LogP contribution in [0.2, 0.25) is 15.1 Å². The number of benzene rings is 2. The Labute approximate surface area is 238 Å². The summed E-state index contributed by atoms with van der Waals surface area (Å²) < 4.78 is 0. The van der Waals surface area contributed by atoms with Crippen LogP contribution in [0.3, 0.4) is 0 Å². The van der Waals surface area contributed by atoms with Gasteiger partial charge in [-0.2, -0.15) is 10.5 Å². The number of rotatable bonds is 8. The van der Waals surface area contributed by atoms with Gasteiger partial charge >= 0.3 is 0 Å². The number of anilines is 1. The molecular formula is C28H29Cl3N6O. The Hall–Kier alpha value is -2.94. The van der Waals surface area contributed by atoms with Gasteiger partial charge in [0.05, 0.1) is 10.7 Å². The van der Waals surface area contributed by atoms with Crippen molar-refractivity contribution in [2.75, 3.05) is 38.0 Å². The van der Waals surface area contributed by atoms with Crippen molar-refractivity contribution in [2.24, 2.45) is 0 Å². The van der Waals surface area contributed by atoms with Crippen LogP contribution >= 0.6 is 34.8 Å². The predicted molar refractivity (Wildman–Crippen MR) is 151 cm³/mol. The third kappa shape index (κ3) is 7.34. The van der Waals surface area contributed by atoms with E-state index in [0.29, 0.717) is 52.8 Å². The quantitative estimate of drug-likeness (QED) is 0.389. The largest absolute Gasteiger partial charge is 0.354 e. The summed E-state index contributed by atoms with van der Waals surface area (Å²) in [7, 11) is 0. The summed E-state index contributed by atoms with van der Waals surface area (Å²) in [6, 6.07) is 15.0. The summed E-state index contributed by atoms with van der Waals surface area (Å²) in [5, 5.41) is 23.7. The van der Waals surface area contributed by atoms with E-state index in [1.807, 2.05) is 52.3 Å². The standard InChI is InChI=1S/C28H29Cl3N6O/c29-23-12-21(13-24(30)15-23)19-37-11-10-36(28(37)22(16-32)17-33)9-6-27(38)34-26-14-20(4-5-25(26)31)18-35-7-2-1-3-8-35/h4-5,12-15H,1-3,6-11,18-19H2,(H,34,38). The zero-order valence-electron chi connectivity index (χ0n) is 21.0. The van der Waals surface area contributed by atoms with E-state index < -0.39 is 0 Å². The van der Waals surface area contributed by atoms with Gasteiger partial charge in [0.1, 0.15) is 18.0 Å². The van der Waals surface area contributed by atoms with Crippen molar-refractivity contribution in [3.63, 3.8) is 0 Å². The van der Waals surface area contributed by atoms with Crippen LogP contribution in [0.25, 0.3) is 0 Å². The average Bonchev–Trinajstić information content (AvgIpc) is 3.27. The molecule has 198 valence electrons. The zero-order chi connectivity index (χ0) is 27.1. The zero-order valence-corrected chi connectivity index (χ0v) is 23.3. The van der Waals surface area contributed by atoms with Crippen LogP contribution < -0.4 is 5.32 Å². The number of nitrogens with one attached hydrogen (secondary N) is 1. The minimum atomic E-state index is -0.183. The molecular weight excluding hydrogens is 543 g/mol. The predicted octanol–water partition coefficient (Wildman–Crippen LogP) is 6.04. The highest BCUT2D eigenvalue weighted by atomic mass is 35.5. The van der Waals surface area contributed by atoms with Crippen molar-refractivity contribution in [1.29, 1.82) is 10.5 Å². The molecule has 2 aromatic rings. The van der Waals surface area contributed by atoms with Crippen molar-refractivity contribution >= 4 is 46.4 Å². The number of halogens is 3. The van der Waals surface area contributed by atoms with Crippen molar-refractivity contribution in [3.05, 3.63) is 74.0 Å². The maximum Gasteiger partial charge on any atom is 0.226 e. The molecule has 0 spiro atoms. The molecule has 2 aliphatic heterocycles. The number of likely N-dealkylation sites (tertiary alicyclic amines) is 1. The molecule has 2 aromatic carbocycles. The number of nitriles is 2. The van der Waals surface area contributed by atoms with Gasteiger partial charge in [-0.3, -0.25) is 9.69 Å². The first kappa shape index (κ1) is 28.1. The molecule has 2 aliphatic rings. The van der Waals surface area contributed by atoms with Crippen LogP contribution in [0, 0.1) is 22.7 Å². The first-order valence-corrected chi connectivity index (χ1v) is 13.8. The first-order valence-electron chi connectivity index (χ1n) is 12.7. The molecule has 38 heavy (non-hydrogen) atoms. The second-order valence-corrected chi connectivity index (χ2v) is 10.8. The number of carbonyl (C=O) groups is 1. The lowest BCUT2D eigenvalue weighted by Gasteiger charge is -2.26. The lowest BCUT2D eigenvalue weighted by molar-refractivity contribution is -0.116. The Kier molecular flexibility index (Phi) is 9.77. The van der Waals surface area contributed by atoms with E-state index in [4.69, 9.17) is 34.8 Å². The number of piperidine rings is 1. The van der Waals surface area contributed by atoms with E-state index in [1.54, 1.807) is 6.07 Å². The fraction of sp³-hybridized carbons (Fsp3) is 0.393. The molecule has 2 fully saturated rings. The second kappa shape index (κ2) is 13.2. The second-order valence-electron chi connectivity index (χ2n) is 9.56. The highest BCUT2D eigenvalue weighted by molar-refractivity contribution is 6.34. The van der Waals surface area contributed by atoms with Gasteiger partial charge in [-0.25, -0.2) is 0 Å². The minimum Gasteiger partial charge on any atom is -0.354 e. The SMILES string of the molecule is N#CC(C#N)=C1N(CCC(=O)Nc2cc(CN3CCCCC3)ccc2Cl)CCN1Cc1cc(Cl)cc(Cl)c1. The Morgan fingerprint density at radius 2 is 1.53 bits per heavy atom. The number of nitrogens with zero attached hydrogens (tertiary/aromatic N) is 5. The molecule has 0 atom stereocenters. The molecule has 2 saturated heterocycles. The molecule has 0 aliphatic carbocycles. The van der Waals surface area contributed by atoms with Gasteiger partial charge < -0.3 is 15.1 Å².